The first kappa shape index (κ1) is 17.9. The van der Waals surface area contributed by atoms with Crippen molar-refractivity contribution in [2.24, 2.45) is 0 Å². The number of nitrogens with zero attached hydrogens (tertiary/aromatic N) is 2. The van der Waals surface area contributed by atoms with Crippen molar-refractivity contribution < 1.29 is 19.0 Å². The molecule has 124 valence electrons. The van der Waals surface area contributed by atoms with Crippen LogP contribution in [0.1, 0.15) is 5.56 Å². The Balaban J connectivity index is 2.05. The summed E-state index contributed by atoms with van der Waals surface area (Å²) in [6, 6.07) is 5.41. The fraction of sp³-hybridized carbons (Fsp3) is 0.286. The Hall–Kier alpha value is -1.48. The fourth-order valence-electron chi connectivity index (χ4n) is 1.64. The van der Waals surface area contributed by atoms with Crippen molar-refractivity contribution in [3.05, 3.63) is 46.6 Å². The molecule has 0 saturated heterocycles. The highest BCUT2D eigenvalue weighted by Crippen LogP contribution is 2.24. The number of aromatic nitrogens is 2. The maximum Gasteiger partial charge on any atom is 0.191 e. The van der Waals surface area contributed by atoms with E-state index in [1.807, 2.05) is 0 Å². The normalized spacial score (nSPS) is 12.2. The quantitative estimate of drug-likeness (QED) is 0.399. The topological polar surface area (TPSA) is 78.3 Å². The summed E-state index contributed by atoms with van der Waals surface area (Å²) in [6.45, 7) is -0.293. The molecule has 1 unspecified atom stereocenters. The Morgan fingerprint density at radius 1 is 1.30 bits per heavy atom. The highest BCUT2D eigenvalue weighted by molar-refractivity contribution is 7.98. The summed E-state index contributed by atoms with van der Waals surface area (Å²) < 4.78 is 26.7. The average molecular weight is 362 g/mol. The average Bonchev–Trinajstić information content (AvgIpc) is 2.53. The second-order valence-electron chi connectivity index (χ2n) is 4.58. The van der Waals surface area contributed by atoms with Gasteiger partial charge >= 0.3 is 0 Å². The summed E-state index contributed by atoms with van der Waals surface area (Å²) >= 11 is 6.99. The molecule has 0 radical (unpaired) electrons. The maximum atomic E-state index is 13.6. The van der Waals surface area contributed by atoms with E-state index in [-0.39, 0.29) is 34.8 Å². The van der Waals surface area contributed by atoms with E-state index in [4.69, 9.17) is 16.7 Å². The number of halogens is 3. The predicted molar refractivity (Wildman–Crippen MR) is 84.5 cm³/mol. The van der Waals surface area contributed by atoms with Gasteiger partial charge in [-0.05, 0) is 6.07 Å². The van der Waals surface area contributed by atoms with Crippen molar-refractivity contribution in [3.63, 3.8) is 0 Å². The largest absolute Gasteiger partial charge is 0.394 e. The van der Waals surface area contributed by atoms with E-state index in [2.05, 4.69) is 15.3 Å². The first-order chi connectivity index (χ1) is 11.0. The molecule has 0 spiro atoms. The molecule has 0 amide bonds. The van der Waals surface area contributed by atoms with Crippen LogP contribution >= 0.6 is 23.4 Å². The van der Waals surface area contributed by atoms with Crippen LogP contribution in [0.5, 0.6) is 0 Å². The molecule has 0 aliphatic heterocycles. The summed E-state index contributed by atoms with van der Waals surface area (Å²) in [7, 11) is 0. The van der Waals surface area contributed by atoms with Crippen molar-refractivity contribution >= 4 is 29.2 Å². The summed E-state index contributed by atoms with van der Waals surface area (Å²) in [6.07, 6.45) is -0.929. The standard InChI is InChI=1S/C14H14ClF2N3O2S/c15-11-4-12(18-5-9(22)6-21)20-14(19-11)23-7-8-2-1-3-10(16)13(8)17/h1-4,9,21-22H,5-7H2,(H,18,19,20). The highest BCUT2D eigenvalue weighted by atomic mass is 35.5. The van der Waals surface area contributed by atoms with E-state index < -0.39 is 17.7 Å². The maximum absolute atomic E-state index is 13.6. The van der Waals surface area contributed by atoms with Crippen molar-refractivity contribution in [3.8, 4) is 0 Å². The second kappa shape index (κ2) is 8.39. The third-order valence-electron chi connectivity index (χ3n) is 2.79. The van der Waals surface area contributed by atoms with Crippen molar-refractivity contribution in [2.45, 2.75) is 17.0 Å². The third-order valence-corrected chi connectivity index (χ3v) is 3.88. The van der Waals surface area contributed by atoms with E-state index in [1.165, 1.54) is 18.2 Å². The molecule has 2 aromatic rings. The van der Waals surface area contributed by atoms with Gasteiger partial charge in [0.05, 0.1) is 12.7 Å². The van der Waals surface area contributed by atoms with Crippen LogP contribution in [0.2, 0.25) is 5.15 Å². The zero-order valence-corrected chi connectivity index (χ0v) is 13.4. The van der Waals surface area contributed by atoms with Gasteiger partial charge in [-0.15, -0.1) is 0 Å². The molecular weight excluding hydrogens is 348 g/mol. The minimum absolute atomic E-state index is 0.0898. The van der Waals surface area contributed by atoms with Gasteiger partial charge < -0.3 is 15.5 Å². The van der Waals surface area contributed by atoms with E-state index >= 15 is 0 Å². The predicted octanol–water partition coefficient (Wildman–Crippen LogP) is 2.47. The zero-order chi connectivity index (χ0) is 16.8. The third kappa shape index (κ3) is 5.28. The molecule has 0 saturated carbocycles. The van der Waals surface area contributed by atoms with Crippen LogP contribution in [0.3, 0.4) is 0 Å². The first-order valence-electron chi connectivity index (χ1n) is 6.62. The molecule has 5 nitrogen and oxygen atoms in total. The Labute approximate surface area is 140 Å². The molecule has 0 fully saturated rings. The van der Waals surface area contributed by atoms with E-state index in [1.54, 1.807) is 0 Å². The monoisotopic (exact) mass is 361 g/mol. The molecule has 3 N–H and O–H groups in total. The van der Waals surface area contributed by atoms with E-state index in [0.29, 0.717) is 5.82 Å². The smallest absolute Gasteiger partial charge is 0.191 e. The lowest BCUT2D eigenvalue weighted by molar-refractivity contribution is 0.105. The van der Waals surface area contributed by atoms with Gasteiger partial charge in [-0.1, -0.05) is 35.5 Å². The van der Waals surface area contributed by atoms with Crippen LogP contribution in [0, 0.1) is 11.6 Å². The molecule has 23 heavy (non-hydrogen) atoms. The summed E-state index contributed by atoms with van der Waals surface area (Å²) in [4.78, 5) is 8.15. The van der Waals surface area contributed by atoms with Crippen molar-refractivity contribution in [2.75, 3.05) is 18.5 Å². The van der Waals surface area contributed by atoms with Crippen LogP contribution in [0.4, 0.5) is 14.6 Å². The molecule has 0 aliphatic rings. The van der Waals surface area contributed by atoms with Crippen LogP contribution in [0.25, 0.3) is 0 Å². The molecule has 1 heterocycles. The molecule has 1 atom stereocenters. The van der Waals surface area contributed by atoms with Gasteiger partial charge in [-0.2, -0.15) is 0 Å². The number of thioether (sulfide) groups is 1. The molecule has 2 rings (SSSR count). The Morgan fingerprint density at radius 2 is 2.09 bits per heavy atom. The van der Waals surface area contributed by atoms with Crippen molar-refractivity contribution in [1.82, 2.24) is 9.97 Å². The zero-order valence-electron chi connectivity index (χ0n) is 11.8. The lowest BCUT2D eigenvalue weighted by Crippen LogP contribution is -2.23. The minimum Gasteiger partial charge on any atom is -0.394 e. The highest BCUT2D eigenvalue weighted by Gasteiger charge is 2.10. The lowest BCUT2D eigenvalue weighted by atomic mass is 10.2. The SMILES string of the molecule is OCC(O)CNc1cc(Cl)nc(SCc2cccc(F)c2F)n1. The van der Waals surface area contributed by atoms with Gasteiger partial charge in [0.1, 0.15) is 11.0 Å². The number of anilines is 1. The number of hydrogen-bond donors (Lipinski definition) is 3. The van der Waals surface area contributed by atoms with Gasteiger partial charge in [0.25, 0.3) is 0 Å². The summed E-state index contributed by atoms with van der Waals surface area (Å²) in [5, 5.41) is 21.3. The van der Waals surface area contributed by atoms with Gasteiger partial charge in [0.15, 0.2) is 16.8 Å². The van der Waals surface area contributed by atoms with Gasteiger partial charge in [-0.3, -0.25) is 0 Å². The second-order valence-corrected chi connectivity index (χ2v) is 5.91. The Kier molecular flexibility index (Phi) is 6.52. The van der Waals surface area contributed by atoms with Gasteiger partial charge in [0, 0.05) is 23.9 Å². The molecule has 1 aromatic carbocycles. The van der Waals surface area contributed by atoms with E-state index in [9.17, 15) is 13.9 Å². The van der Waals surface area contributed by atoms with Gasteiger partial charge in [-0.25, -0.2) is 18.7 Å². The van der Waals surface area contributed by atoms with Crippen LogP contribution in [-0.4, -0.2) is 39.4 Å². The minimum atomic E-state index is -0.929. The number of aliphatic hydroxyl groups is 2. The fourth-order valence-corrected chi connectivity index (χ4v) is 2.71. The molecule has 1 aromatic heterocycles. The van der Waals surface area contributed by atoms with E-state index in [0.717, 1.165) is 17.8 Å². The van der Waals surface area contributed by atoms with Crippen molar-refractivity contribution in [1.29, 1.82) is 0 Å². The number of hydrogen-bond acceptors (Lipinski definition) is 6. The summed E-state index contributed by atoms with van der Waals surface area (Å²) in [5.74, 6) is -1.30. The Bertz CT molecular complexity index is 678. The first-order valence-corrected chi connectivity index (χ1v) is 7.99. The lowest BCUT2D eigenvalue weighted by Gasteiger charge is -2.10. The van der Waals surface area contributed by atoms with Crippen LogP contribution in [-0.2, 0) is 5.75 Å². The Morgan fingerprint density at radius 3 is 2.83 bits per heavy atom. The number of benzene rings is 1. The summed E-state index contributed by atoms with van der Waals surface area (Å²) in [5.41, 5.74) is 0.198. The van der Waals surface area contributed by atoms with Crippen LogP contribution in [0.15, 0.2) is 29.4 Å². The molecular formula is C14H14ClF2N3O2S. The number of rotatable bonds is 7. The molecule has 0 bridgehead atoms. The molecule has 9 heteroatoms. The number of aliphatic hydroxyl groups excluding tert-OH is 2. The number of nitrogens with one attached hydrogen (secondary N) is 1. The molecule has 0 aliphatic carbocycles. The van der Waals surface area contributed by atoms with Gasteiger partial charge in [0.2, 0.25) is 0 Å². The van der Waals surface area contributed by atoms with Crippen LogP contribution < -0.4 is 5.32 Å².